The van der Waals surface area contributed by atoms with Crippen molar-refractivity contribution in [3.8, 4) is 0 Å². The standard InChI is InChI=1S/C16H25NO2/c1-19-14(18)13(17)16(2-3-16)15-7-10-4-11(8-15)6-12(5-10)9-15/h10-13H,2-9,17H2,1H3. The van der Waals surface area contributed by atoms with Crippen LogP contribution in [-0.4, -0.2) is 19.1 Å². The normalized spacial score (nSPS) is 46.9. The van der Waals surface area contributed by atoms with Gasteiger partial charge in [-0.2, -0.15) is 0 Å². The van der Waals surface area contributed by atoms with Crippen LogP contribution in [0.4, 0.5) is 0 Å². The molecule has 5 aliphatic carbocycles. The Balaban J connectivity index is 1.66. The van der Waals surface area contributed by atoms with E-state index in [1.165, 1.54) is 45.6 Å². The van der Waals surface area contributed by atoms with E-state index < -0.39 is 0 Å². The zero-order valence-electron chi connectivity index (χ0n) is 11.9. The minimum atomic E-state index is -0.381. The first kappa shape index (κ1) is 12.2. The SMILES string of the molecule is COC(=O)C(N)C1(C23CC4CC(CC(C4)C2)C3)CC1. The van der Waals surface area contributed by atoms with Gasteiger partial charge in [-0.1, -0.05) is 0 Å². The average molecular weight is 263 g/mol. The van der Waals surface area contributed by atoms with Gasteiger partial charge in [-0.05, 0) is 74.5 Å². The summed E-state index contributed by atoms with van der Waals surface area (Å²) in [4.78, 5) is 11.9. The molecule has 3 heteroatoms. The van der Waals surface area contributed by atoms with Crippen molar-refractivity contribution in [2.75, 3.05) is 7.11 Å². The van der Waals surface area contributed by atoms with Crippen molar-refractivity contribution in [1.82, 2.24) is 0 Å². The van der Waals surface area contributed by atoms with Gasteiger partial charge in [-0.25, -0.2) is 0 Å². The van der Waals surface area contributed by atoms with Gasteiger partial charge < -0.3 is 10.5 Å². The Hall–Kier alpha value is -0.570. The van der Waals surface area contributed by atoms with Gasteiger partial charge in [0.05, 0.1) is 7.11 Å². The molecule has 5 saturated carbocycles. The van der Waals surface area contributed by atoms with Crippen LogP contribution in [0.5, 0.6) is 0 Å². The summed E-state index contributed by atoms with van der Waals surface area (Å²) in [6.07, 6.45) is 10.6. The van der Waals surface area contributed by atoms with Crippen LogP contribution in [0.25, 0.3) is 0 Å². The maximum atomic E-state index is 11.9. The summed E-state index contributed by atoms with van der Waals surface area (Å²) in [5.41, 5.74) is 6.79. The van der Waals surface area contributed by atoms with Crippen molar-refractivity contribution in [3.63, 3.8) is 0 Å². The number of nitrogens with two attached hydrogens (primary N) is 1. The maximum Gasteiger partial charge on any atom is 0.323 e. The molecule has 1 atom stereocenters. The third-order valence-corrected chi connectivity index (χ3v) is 6.93. The number of hydrogen-bond donors (Lipinski definition) is 1. The predicted octanol–water partition coefficient (Wildman–Crippen LogP) is 2.48. The second kappa shape index (κ2) is 3.75. The quantitative estimate of drug-likeness (QED) is 0.796. The molecule has 5 fully saturated rings. The van der Waals surface area contributed by atoms with Crippen molar-refractivity contribution in [3.05, 3.63) is 0 Å². The van der Waals surface area contributed by atoms with E-state index in [1.54, 1.807) is 0 Å². The Kier molecular flexibility index (Phi) is 2.41. The molecule has 3 nitrogen and oxygen atoms in total. The molecule has 19 heavy (non-hydrogen) atoms. The Morgan fingerprint density at radius 2 is 1.58 bits per heavy atom. The van der Waals surface area contributed by atoms with E-state index >= 15 is 0 Å². The predicted molar refractivity (Wildman–Crippen MR) is 72.3 cm³/mol. The molecule has 0 radical (unpaired) electrons. The Morgan fingerprint density at radius 1 is 1.11 bits per heavy atom. The monoisotopic (exact) mass is 263 g/mol. The van der Waals surface area contributed by atoms with Crippen molar-refractivity contribution in [2.45, 2.75) is 57.4 Å². The van der Waals surface area contributed by atoms with Gasteiger partial charge in [-0.15, -0.1) is 0 Å². The molecule has 4 bridgehead atoms. The number of carbonyl (C=O) groups excluding carboxylic acids is 1. The smallest absolute Gasteiger partial charge is 0.323 e. The first-order valence-electron chi connectivity index (χ1n) is 7.92. The number of carbonyl (C=O) groups is 1. The van der Waals surface area contributed by atoms with E-state index in [9.17, 15) is 4.79 Å². The van der Waals surface area contributed by atoms with Gasteiger partial charge in [-0.3, -0.25) is 4.79 Å². The van der Waals surface area contributed by atoms with E-state index in [1.807, 2.05) is 0 Å². The van der Waals surface area contributed by atoms with Gasteiger partial charge in [0.25, 0.3) is 0 Å². The molecule has 5 aliphatic rings. The highest BCUT2D eigenvalue weighted by Crippen LogP contribution is 2.73. The van der Waals surface area contributed by atoms with Crippen LogP contribution < -0.4 is 5.73 Å². The van der Waals surface area contributed by atoms with Gasteiger partial charge in [0.1, 0.15) is 6.04 Å². The lowest BCUT2D eigenvalue weighted by molar-refractivity contribution is -0.152. The highest BCUT2D eigenvalue weighted by atomic mass is 16.5. The molecule has 0 aliphatic heterocycles. The third kappa shape index (κ3) is 1.51. The summed E-state index contributed by atoms with van der Waals surface area (Å²) in [7, 11) is 1.47. The Bertz CT molecular complexity index is 378. The first-order chi connectivity index (χ1) is 9.08. The number of ether oxygens (including phenoxy) is 1. The highest BCUT2D eigenvalue weighted by Gasteiger charge is 2.68. The van der Waals surface area contributed by atoms with Crippen LogP contribution in [0.15, 0.2) is 0 Å². The maximum absolute atomic E-state index is 11.9. The minimum absolute atomic E-state index is 0.0934. The number of rotatable bonds is 3. The van der Waals surface area contributed by atoms with Crippen LogP contribution >= 0.6 is 0 Å². The van der Waals surface area contributed by atoms with E-state index in [0.717, 1.165) is 30.6 Å². The largest absolute Gasteiger partial charge is 0.468 e. The number of esters is 1. The van der Waals surface area contributed by atoms with Gasteiger partial charge >= 0.3 is 5.97 Å². The van der Waals surface area contributed by atoms with E-state index in [2.05, 4.69) is 0 Å². The highest BCUT2D eigenvalue weighted by molar-refractivity contribution is 5.77. The van der Waals surface area contributed by atoms with Crippen LogP contribution in [0.1, 0.15) is 51.4 Å². The zero-order chi connectivity index (χ0) is 13.3. The number of hydrogen-bond acceptors (Lipinski definition) is 3. The second-order valence-corrected chi connectivity index (χ2v) is 7.85. The summed E-state index contributed by atoms with van der Waals surface area (Å²) < 4.78 is 4.94. The van der Waals surface area contributed by atoms with Crippen molar-refractivity contribution < 1.29 is 9.53 Å². The molecular weight excluding hydrogens is 238 g/mol. The molecule has 0 aromatic rings. The molecule has 0 spiro atoms. The average Bonchev–Trinajstić information content (AvgIpc) is 3.17. The van der Waals surface area contributed by atoms with Crippen LogP contribution in [0.3, 0.4) is 0 Å². The molecule has 5 rings (SSSR count). The molecule has 0 aromatic heterocycles. The fourth-order valence-electron chi connectivity index (χ4n) is 6.38. The lowest BCUT2D eigenvalue weighted by Crippen LogP contribution is -2.57. The Morgan fingerprint density at radius 3 is 1.95 bits per heavy atom. The van der Waals surface area contributed by atoms with Gasteiger partial charge in [0.2, 0.25) is 0 Å². The zero-order valence-corrected chi connectivity index (χ0v) is 11.9. The van der Waals surface area contributed by atoms with E-state index in [-0.39, 0.29) is 17.4 Å². The van der Waals surface area contributed by atoms with Crippen molar-refractivity contribution in [1.29, 1.82) is 0 Å². The fraction of sp³-hybridized carbons (Fsp3) is 0.938. The van der Waals surface area contributed by atoms with Crippen LogP contribution in [0.2, 0.25) is 0 Å². The summed E-state index contributed by atoms with van der Waals surface area (Å²) in [5.74, 6) is 2.59. The fourth-order valence-corrected chi connectivity index (χ4v) is 6.38. The third-order valence-electron chi connectivity index (χ3n) is 6.93. The summed E-state index contributed by atoms with van der Waals surface area (Å²) in [6.45, 7) is 0. The Labute approximate surface area is 115 Å². The summed E-state index contributed by atoms with van der Waals surface area (Å²) >= 11 is 0. The van der Waals surface area contributed by atoms with Gasteiger partial charge in [0, 0.05) is 5.41 Å². The molecule has 1 unspecified atom stereocenters. The van der Waals surface area contributed by atoms with Crippen LogP contribution in [0, 0.1) is 28.6 Å². The van der Waals surface area contributed by atoms with Crippen molar-refractivity contribution in [2.24, 2.45) is 34.3 Å². The van der Waals surface area contributed by atoms with Crippen molar-refractivity contribution >= 4 is 5.97 Å². The molecule has 0 heterocycles. The second-order valence-electron chi connectivity index (χ2n) is 7.85. The molecule has 0 saturated heterocycles. The molecule has 0 aromatic carbocycles. The lowest BCUT2D eigenvalue weighted by Gasteiger charge is -2.60. The molecular formula is C16H25NO2. The summed E-state index contributed by atoms with van der Waals surface area (Å²) in [6, 6.07) is -0.381. The number of methoxy groups -OCH3 is 1. The molecule has 2 N–H and O–H groups in total. The minimum Gasteiger partial charge on any atom is -0.468 e. The van der Waals surface area contributed by atoms with E-state index in [0.29, 0.717) is 5.41 Å². The lowest BCUT2D eigenvalue weighted by atomic mass is 9.44. The van der Waals surface area contributed by atoms with Gasteiger partial charge in [0.15, 0.2) is 0 Å². The molecule has 0 amide bonds. The first-order valence-corrected chi connectivity index (χ1v) is 7.92. The molecule has 106 valence electrons. The van der Waals surface area contributed by atoms with Crippen LogP contribution in [-0.2, 0) is 9.53 Å². The summed E-state index contributed by atoms with van der Waals surface area (Å²) in [5, 5.41) is 0. The topological polar surface area (TPSA) is 52.3 Å². The van der Waals surface area contributed by atoms with E-state index in [4.69, 9.17) is 10.5 Å².